The Bertz CT molecular complexity index is 557. The fourth-order valence-corrected chi connectivity index (χ4v) is 3.06. The van der Waals surface area contributed by atoms with Crippen LogP contribution >= 0.6 is 11.3 Å². The monoisotopic (exact) mass is 323 g/mol. The summed E-state index contributed by atoms with van der Waals surface area (Å²) < 4.78 is 52.1. The molecule has 2 aliphatic rings. The average Bonchev–Trinajstić information content (AvgIpc) is 2.92. The van der Waals surface area contributed by atoms with Crippen molar-refractivity contribution >= 4 is 22.4 Å². The molecule has 2 heterocycles. The third-order valence-electron chi connectivity index (χ3n) is 3.59. The van der Waals surface area contributed by atoms with E-state index in [-0.39, 0.29) is 30.7 Å². The number of alkyl halides is 4. The smallest absolute Gasteiger partial charge is 0.351 e. The maximum atomic E-state index is 14.6. The minimum Gasteiger partial charge on any atom is -0.351 e. The molecule has 3 rings (SSSR count). The van der Waals surface area contributed by atoms with E-state index in [9.17, 15) is 22.4 Å². The molecule has 1 aromatic heterocycles. The molecule has 9 heteroatoms. The van der Waals surface area contributed by atoms with Crippen molar-refractivity contribution in [2.24, 2.45) is 0 Å². The van der Waals surface area contributed by atoms with Crippen molar-refractivity contribution in [2.75, 3.05) is 18.0 Å². The SMILES string of the molecule is O=C(NC1CC1)C1(F)CCN(c2nc(C(F)(F)F)cs2)C1. The first-order chi connectivity index (χ1) is 9.78. The van der Waals surface area contributed by atoms with Crippen molar-refractivity contribution in [3.63, 3.8) is 0 Å². The van der Waals surface area contributed by atoms with E-state index in [2.05, 4.69) is 10.3 Å². The highest BCUT2D eigenvalue weighted by atomic mass is 32.1. The van der Waals surface area contributed by atoms with Crippen molar-refractivity contribution in [2.45, 2.75) is 37.1 Å². The van der Waals surface area contributed by atoms with Gasteiger partial charge >= 0.3 is 6.18 Å². The highest BCUT2D eigenvalue weighted by Crippen LogP contribution is 2.36. The van der Waals surface area contributed by atoms with E-state index in [1.807, 2.05) is 0 Å². The van der Waals surface area contributed by atoms with Crippen molar-refractivity contribution in [3.05, 3.63) is 11.1 Å². The third-order valence-corrected chi connectivity index (χ3v) is 4.49. The van der Waals surface area contributed by atoms with Crippen molar-refractivity contribution in [3.8, 4) is 0 Å². The van der Waals surface area contributed by atoms with Crippen LogP contribution in [0.4, 0.5) is 22.7 Å². The van der Waals surface area contributed by atoms with Gasteiger partial charge in [0.05, 0.1) is 6.54 Å². The number of nitrogens with zero attached hydrogens (tertiary/aromatic N) is 2. The fraction of sp³-hybridized carbons (Fsp3) is 0.667. The lowest BCUT2D eigenvalue weighted by Gasteiger charge is -2.19. The van der Waals surface area contributed by atoms with E-state index in [1.54, 1.807) is 0 Å². The molecule has 1 N–H and O–H groups in total. The number of halogens is 4. The van der Waals surface area contributed by atoms with Gasteiger partial charge in [-0.1, -0.05) is 0 Å². The molecule has 1 unspecified atom stereocenters. The molecule has 0 aromatic carbocycles. The standard InChI is InChI=1S/C12H13F4N3OS/c13-11(9(20)17-7-1-2-7)3-4-19(6-11)10-18-8(5-21-10)12(14,15)16/h5,7H,1-4,6H2,(H,17,20). The lowest BCUT2D eigenvalue weighted by molar-refractivity contribution is -0.140. The fourth-order valence-electron chi connectivity index (χ4n) is 2.20. The number of carbonyl (C=O) groups is 1. The van der Waals surface area contributed by atoms with Gasteiger partial charge < -0.3 is 10.2 Å². The van der Waals surface area contributed by atoms with E-state index in [4.69, 9.17) is 0 Å². The summed E-state index contributed by atoms with van der Waals surface area (Å²) in [5.41, 5.74) is -3.03. The quantitative estimate of drug-likeness (QED) is 0.869. The Labute approximate surface area is 122 Å². The number of hydrogen-bond acceptors (Lipinski definition) is 4. The highest BCUT2D eigenvalue weighted by molar-refractivity contribution is 7.13. The predicted octanol–water partition coefficient (Wildman–Crippen LogP) is 2.36. The molecule has 0 bridgehead atoms. The number of aromatic nitrogens is 1. The van der Waals surface area contributed by atoms with Crippen molar-refractivity contribution in [1.82, 2.24) is 10.3 Å². The molecule has 0 radical (unpaired) electrons. The molecular formula is C12H13F4N3OS. The van der Waals surface area contributed by atoms with E-state index in [0.29, 0.717) is 0 Å². The summed E-state index contributed by atoms with van der Waals surface area (Å²) in [5.74, 6) is -0.667. The number of nitrogens with one attached hydrogen (secondary N) is 1. The molecule has 0 spiro atoms. The number of rotatable bonds is 3. The topological polar surface area (TPSA) is 45.2 Å². The largest absolute Gasteiger partial charge is 0.434 e. The molecule has 1 atom stereocenters. The number of carbonyl (C=O) groups excluding carboxylic acids is 1. The number of thiazole rings is 1. The number of amides is 1. The van der Waals surface area contributed by atoms with E-state index in [0.717, 1.165) is 29.6 Å². The Morgan fingerprint density at radius 1 is 1.48 bits per heavy atom. The van der Waals surface area contributed by atoms with Gasteiger partial charge in [0.15, 0.2) is 10.8 Å². The molecule has 1 aliphatic heterocycles. The zero-order valence-corrected chi connectivity index (χ0v) is 11.7. The van der Waals surface area contributed by atoms with Crippen LogP contribution in [0.25, 0.3) is 0 Å². The van der Waals surface area contributed by atoms with Gasteiger partial charge in [0.1, 0.15) is 0 Å². The third kappa shape index (κ3) is 2.97. The minimum atomic E-state index is -4.51. The van der Waals surface area contributed by atoms with E-state index in [1.165, 1.54) is 4.90 Å². The second-order valence-electron chi connectivity index (χ2n) is 5.40. The Kier molecular flexibility index (Phi) is 3.34. The van der Waals surface area contributed by atoms with Crippen LogP contribution in [0.15, 0.2) is 5.38 Å². The molecule has 1 aromatic rings. The second-order valence-corrected chi connectivity index (χ2v) is 6.23. The first-order valence-corrected chi connectivity index (χ1v) is 7.43. The van der Waals surface area contributed by atoms with Gasteiger partial charge in [-0.05, 0) is 12.8 Å². The molecule has 1 saturated heterocycles. The predicted molar refractivity (Wildman–Crippen MR) is 68.9 cm³/mol. The molecule has 116 valence electrons. The van der Waals surface area contributed by atoms with Crippen LogP contribution in [0, 0.1) is 0 Å². The summed E-state index contributed by atoms with van der Waals surface area (Å²) in [4.78, 5) is 16.7. The van der Waals surface area contributed by atoms with Crippen LogP contribution in [-0.2, 0) is 11.0 Å². The van der Waals surface area contributed by atoms with Crippen LogP contribution in [0.5, 0.6) is 0 Å². The van der Waals surface area contributed by atoms with E-state index < -0.39 is 23.4 Å². The lowest BCUT2D eigenvalue weighted by atomic mass is 10.1. The normalized spacial score (nSPS) is 26.2. The average molecular weight is 323 g/mol. The lowest BCUT2D eigenvalue weighted by Crippen LogP contribution is -2.46. The van der Waals surface area contributed by atoms with Gasteiger partial charge in [0, 0.05) is 24.4 Å². The summed E-state index contributed by atoms with van der Waals surface area (Å²) in [6.07, 6.45) is -2.84. The van der Waals surface area contributed by atoms with E-state index >= 15 is 0 Å². The van der Waals surface area contributed by atoms with Crippen LogP contribution in [0.1, 0.15) is 25.0 Å². The molecule has 21 heavy (non-hydrogen) atoms. The highest BCUT2D eigenvalue weighted by Gasteiger charge is 2.47. The first-order valence-electron chi connectivity index (χ1n) is 6.55. The summed E-state index contributed by atoms with van der Waals surface area (Å²) in [6, 6.07) is 0.0517. The number of anilines is 1. The summed E-state index contributed by atoms with van der Waals surface area (Å²) in [7, 11) is 0. The molecule has 2 fully saturated rings. The molecule has 1 amide bonds. The molecule has 1 aliphatic carbocycles. The van der Waals surface area contributed by atoms with Gasteiger partial charge in [-0.2, -0.15) is 13.2 Å². The van der Waals surface area contributed by atoms with Gasteiger partial charge in [0.25, 0.3) is 5.91 Å². The molecule has 4 nitrogen and oxygen atoms in total. The zero-order chi connectivity index (χ0) is 15.3. The van der Waals surface area contributed by atoms with Crippen molar-refractivity contribution < 1.29 is 22.4 Å². The van der Waals surface area contributed by atoms with Gasteiger partial charge in [0.2, 0.25) is 5.67 Å². The van der Waals surface area contributed by atoms with Crippen LogP contribution < -0.4 is 10.2 Å². The summed E-state index contributed by atoms with van der Waals surface area (Å²) in [6.45, 7) is -0.0736. The molecular weight excluding hydrogens is 310 g/mol. The summed E-state index contributed by atoms with van der Waals surface area (Å²) >= 11 is 0.809. The Morgan fingerprint density at radius 3 is 2.76 bits per heavy atom. The Morgan fingerprint density at radius 2 is 2.19 bits per heavy atom. The van der Waals surface area contributed by atoms with Crippen molar-refractivity contribution in [1.29, 1.82) is 0 Å². The van der Waals surface area contributed by atoms with Crippen LogP contribution in [-0.4, -0.2) is 35.7 Å². The Balaban J connectivity index is 1.68. The van der Waals surface area contributed by atoms with Gasteiger partial charge in [-0.15, -0.1) is 11.3 Å². The maximum Gasteiger partial charge on any atom is 0.434 e. The van der Waals surface area contributed by atoms with Crippen LogP contribution in [0.3, 0.4) is 0 Å². The minimum absolute atomic E-state index is 0.0352. The van der Waals surface area contributed by atoms with Gasteiger partial charge in [-0.3, -0.25) is 4.79 Å². The second kappa shape index (κ2) is 4.82. The zero-order valence-electron chi connectivity index (χ0n) is 10.9. The first kappa shape index (κ1) is 14.6. The van der Waals surface area contributed by atoms with Crippen LogP contribution in [0.2, 0.25) is 0 Å². The van der Waals surface area contributed by atoms with Gasteiger partial charge in [-0.25, -0.2) is 9.37 Å². The number of hydrogen-bond donors (Lipinski definition) is 1. The molecule has 1 saturated carbocycles. The Hall–Kier alpha value is -1.38. The summed E-state index contributed by atoms with van der Waals surface area (Å²) in [5, 5.41) is 3.60. The maximum absolute atomic E-state index is 14.6.